The molecule has 1 atom stereocenters. The third-order valence-electron chi connectivity index (χ3n) is 4.49. The van der Waals surface area contributed by atoms with Crippen molar-refractivity contribution in [2.24, 2.45) is 0 Å². The Morgan fingerprint density at radius 3 is 2.04 bits per heavy atom. The number of hydrogen-bond acceptors (Lipinski definition) is 2. The van der Waals surface area contributed by atoms with E-state index < -0.39 is 11.2 Å². The summed E-state index contributed by atoms with van der Waals surface area (Å²) in [5.41, 5.74) is 0.521. The van der Waals surface area contributed by atoms with Gasteiger partial charge in [0.1, 0.15) is 17.2 Å². The summed E-state index contributed by atoms with van der Waals surface area (Å²) >= 11 is 0. The van der Waals surface area contributed by atoms with Crippen LogP contribution in [0.2, 0.25) is 0 Å². The Hall–Kier alpha value is -1.87. The highest BCUT2D eigenvalue weighted by Crippen LogP contribution is 2.61. The predicted molar refractivity (Wildman–Crippen MR) is 100 cm³/mol. The first-order chi connectivity index (χ1) is 12.2. The molecule has 0 aromatic heterocycles. The van der Waals surface area contributed by atoms with Crippen LogP contribution in [0.1, 0.15) is 51.7 Å². The number of aryl methyl sites for hydroxylation is 1. The average molecular weight is 344 g/mol. The number of benzene rings is 2. The monoisotopic (exact) mass is 344 g/mol. The van der Waals surface area contributed by atoms with Gasteiger partial charge < -0.3 is 9.47 Å². The molecule has 0 N–H and O–H groups in total. The summed E-state index contributed by atoms with van der Waals surface area (Å²) in [6.07, 6.45) is 1.80. The van der Waals surface area contributed by atoms with Crippen LogP contribution >= 0.6 is 0 Å². The van der Waals surface area contributed by atoms with Crippen LogP contribution in [0.25, 0.3) is 0 Å². The quantitative estimate of drug-likeness (QED) is 0.632. The maximum absolute atomic E-state index is 14.3. The van der Waals surface area contributed by atoms with Gasteiger partial charge in [-0.3, -0.25) is 0 Å². The molecule has 0 amide bonds. The van der Waals surface area contributed by atoms with Crippen molar-refractivity contribution in [2.75, 3.05) is 6.61 Å². The predicted octanol–water partition coefficient (Wildman–Crippen LogP) is 6.02. The minimum absolute atomic E-state index is 0.199. The SMILES string of the molecule is CC.CC.Cc1ccc(C2(C3(Oc4ccccc4)CC3)CO2)c(F)c1. The molecule has 1 saturated heterocycles. The van der Waals surface area contributed by atoms with E-state index in [1.54, 1.807) is 6.07 Å². The van der Waals surface area contributed by atoms with E-state index in [4.69, 9.17) is 9.47 Å². The van der Waals surface area contributed by atoms with Gasteiger partial charge in [0.25, 0.3) is 0 Å². The van der Waals surface area contributed by atoms with E-state index in [2.05, 4.69) is 0 Å². The van der Waals surface area contributed by atoms with Crippen molar-refractivity contribution >= 4 is 0 Å². The third kappa shape index (κ3) is 3.72. The molecule has 2 fully saturated rings. The fourth-order valence-corrected chi connectivity index (χ4v) is 3.10. The van der Waals surface area contributed by atoms with Crippen LogP contribution in [0.5, 0.6) is 5.75 Å². The van der Waals surface area contributed by atoms with Crippen LogP contribution < -0.4 is 4.74 Å². The molecule has 1 aliphatic heterocycles. The summed E-state index contributed by atoms with van der Waals surface area (Å²) in [5, 5.41) is 0. The molecule has 4 rings (SSSR count). The van der Waals surface area contributed by atoms with Crippen LogP contribution in [0.15, 0.2) is 48.5 Å². The maximum Gasteiger partial charge on any atom is 0.159 e. The van der Waals surface area contributed by atoms with E-state index in [9.17, 15) is 4.39 Å². The number of ether oxygens (including phenoxy) is 2. The van der Waals surface area contributed by atoms with Gasteiger partial charge in [-0.25, -0.2) is 4.39 Å². The molecule has 3 heteroatoms. The molecule has 2 aliphatic rings. The van der Waals surface area contributed by atoms with Crippen molar-refractivity contribution in [3.63, 3.8) is 0 Å². The van der Waals surface area contributed by atoms with E-state index in [0.717, 1.165) is 24.2 Å². The summed E-state index contributed by atoms with van der Waals surface area (Å²) in [6.45, 7) is 10.4. The molecule has 1 unspecified atom stereocenters. The van der Waals surface area contributed by atoms with E-state index in [1.807, 2.05) is 77.1 Å². The summed E-state index contributed by atoms with van der Waals surface area (Å²) in [6, 6.07) is 15.0. The maximum atomic E-state index is 14.3. The summed E-state index contributed by atoms with van der Waals surface area (Å²) in [7, 11) is 0. The lowest BCUT2D eigenvalue weighted by atomic mass is 9.90. The summed E-state index contributed by atoms with van der Waals surface area (Å²) < 4.78 is 26.3. The zero-order valence-corrected chi connectivity index (χ0v) is 15.9. The van der Waals surface area contributed by atoms with Crippen molar-refractivity contribution in [2.45, 2.75) is 58.7 Å². The Morgan fingerprint density at radius 1 is 0.960 bits per heavy atom. The van der Waals surface area contributed by atoms with E-state index in [1.165, 1.54) is 0 Å². The Labute approximate surface area is 151 Å². The van der Waals surface area contributed by atoms with Crippen molar-refractivity contribution in [3.8, 4) is 5.75 Å². The zero-order valence-electron chi connectivity index (χ0n) is 15.9. The Balaban J connectivity index is 0.000000528. The second kappa shape index (κ2) is 8.01. The molecule has 1 heterocycles. The first-order valence-electron chi connectivity index (χ1n) is 9.30. The Kier molecular flexibility index (Phi) is 6.23. The highest BCUT2D eigenvalue weighted by atomic mass is 19.1. The normalized spacial score (nSPS) is 21.8. The van der Waals surface area contributed by atoms with Crippen LogP contribution in [-0.4, -0.2) is 12.2 Å². The second-order valence-corrected chi connectivity index (χ2v) is 6.01. The van der Waals surface area contributed by atoms with Gasteiger partial charge in [0.05, 0.1) is 6.61 Å². The Morgan fingerprint density at radius 2 is 1.56 bits per heavy atom. The van der Waals surface area contributed by atoms with Crippen LogP contribution in [0, 0.1) is 12.7 Å². The molecular weight excluding hydrogens is 315 g/mol. The van der Waals surface area contributed by atoms with E-state index in [-0.39, 0.29) is 5.82 Å². The minimum Gasteiger partial charge on any atom is -0.484 e. The third-order valence-corrected chi connectivity index (χ3v) is 4.49. The highest BCUT2D eigenvalue weighted by Gasteiger charge is 2.71. The molecule has 1 saturated carbocycles. The number of epoxide rings is 1. The van der Waals surface area contributed by atoms with Crippen molar-refractivity contribution in [1.82, 2.24) is 0 Å². The first-order valence-corrected chi connectivity index (χ1v) is 9.30. The molecule has 1 aliphatic carbocycles. The lowest BCUT2D eigenvalue weighted by Gasteiger charge is -2.26. The summed E-state index contributed by atoms with van der Waals surface area (Å²) in [5.74, 6) is 0.618. The molecule has 0 radical (unpaired) electrons. The van der Waals surface area contributed by atoms with Gasteiger partial charge >= 0.3 is 0 Å². The van der Waals surface area contributed by atoms with Gasteiger partial charge in [-0.1, -0.05) is 58.0 Å². The summed E-state index contributed by atoms with van der Waals surface area (Å²) in [4.78, 5) is 0. The van der Waals surface area contributed by atoms with Crippen molar-refractivity contribution in [1.29, 1.82) is 0 Å². The molecule has 2 aromatic rings. The smallest absolute Gasteiger partial charge is 0.159 e. The standard InChI is InChI=1S/C18H17FO2.2C2H6/c1-13-7-8-15(16(19)11-13)18(12-20-18)17(9-10-17)21-14-5-3-2-4-6-14;2*1-2/h2-8,11H,9-10,12H2,1H3;2*1-2H3. The molecule has 2 aromatic carbocycles. The largest absolute Gasteiger partial charge is 0.484 e. The Bertz CT molecular complexity index is 674. The van der Waals surface area contributed by atoms with Gasteiger partial charge in [-0.05, 0) is 43.5 Å². The number of rotatable bonds is 4. The fourth-order valence-electron chi connectivity index (χ4n) is 3.10. The topological polar surface area (TPSA) is 21.8 Å². The zero-order chi connectivity index (χ0) is 18.5. The first kappa shape index (κ1) is 19.5. The highest BCUT2D eigenvalue weighted by molar-refractivity contribution is 5.39. The minimum atomic E-state index is -0.610. The molecular formula is C22H29FO2. The average Bonchev–Trinajstić information content (AvgIpc) is 3.55. The lowest BCUT2D eigenvalue weighted by Crippen LogP contribution is -2.36. The number of para-hydroxylation sites is 1. The van der Waals surface area contributed by atoms with Gasteiger partial charge in [-0.15, -0.1) is 0 Å². The lowest BCUT2D eigenvalue weighted by molar-refractivity contribution is 0.0702. The van der Waals surface area contributed by atoms with Crippen LogP contribution in [0.3, 0.4) is 0 Å². The second-order valence-electron chi connectivity index (χ2n) is 6.01. The van der Waals surface area contributed by atoms with Crippen LogP contribution in [-0.2, 0) is 10.3 Å². The van der Waals surface area contributed by atoms with Crippen molar-refractivity contribution in [3.05, 3.63) is 65.5 Å². The molecule has 25 heavy (non-hydrogen) atoms. The van der Waals surface area contributed by atoms with Gasteiger partial charge in [0.2, 0.25) is 0 Å². The van der Waals surface area contributed by atoms with E-state index in [0.29, 0.717) is 12.2 Å². The molecule has 0 spiro atoms. The van der Waals surface area contributed by atoms with Gasteiger partial charge in [0.15, 0.2) is 5.60 Å². The van der Waals surface area contributed by atoms with Crippen molar-refractivity contribution < 1.29 is 13.9 Å². The number of hydrogen-bond donors (Lipinski definition) is 0. The van der Waals surface area contributed by atoms with E-state index >= 15 is 0 Å². The number of halogens is 1. The molecule has 136 valence electrons. The fraction of sp³-hybridized carbons (Fsp3) is 0.455. The molecule has 0 bridgehead atoms. The van der Waals surface area contributed by atoms with Gasteiger partial charge in [-0.2, -0.15) is 0 Å². The van der Waals surface area contributed by atoms with Crippen LogP contribution in [0.4, 0.5) is 4.39 Å². The molecule has 2 nitrogen and oxygen atoms in total. The van der Waals surface area contributed by atoms with Gasteiger partial charge in [0, 0.05) is 5.56 Å².